The highest BCUT2D eigenvalue weighted by Gasteiger charge is 2.36. The Morgan fingerprint density at radius 1 is 0.964 bits per heavy atom. The van der Waals surface area contributed by atoms with Crippen molar-refractivity contribution >= 4 is 5.78 Å². The number of hydrogen-bond acceptors (Lipinski definition) is 4. The Bertz CT molecular complexity index is 603. The molecule has 0 spiro atoms. The summed E-state index contributed by atoms with van der Waals surface area (Å²) in [4.78, 5) is 12.5. The summed E-state index contributed by atoms with van der Waals surface area (Å²) < 4.78 is 18.2. The van der Waals surface area contributed by atoms with Crippen molar-refractivity contribution in [3.63, 3.8) is 0 Å². The van der Waals surface area contributed by atoms with E-state index in [0.717, 1.165) is 43.6 Å². The number of ketones is 1. The van der Waals surface area contributed by atoms with Crippen LogP contribution in [0.5, 0.6) is 11.5 Å². The lowest BCUT2D eigenvalue weighted by molar-refractivity contribution is -0.404. The minimum Gasteiger partial charge on any atom is -1.00 e. The van der Waals surface area contributed by atoms with E-state index in [1.54, 1.807) is 7.11 Å². The summed E-state index contributed by atoms with van der Waals surface area (Å²) in [6, 6.07) is 7.60. The first-order valence-electron chi connectivity index (χ1n) is 10.4. The average molecular weight is 412 g/mol. The molecule has 0 saturated heterocycles. The van der Waals surface area contributed by atoms with Gasteiger partial charge < -0.3 is 32.4 Å². The number of methoxy groups -OCH3 is 1. The van der Waals surface area contributed by atoms with Gasteiger partial charge in [-0.05, 0) is 55.9 Å². The van der Waals surface area contributed by atoms with Crippen LogP contribution in [0.2, 0.25) is 0 Å². The number of benzene rings is 1. The predicted octanol–water partition coefficient (Wildman–Crippen LogP) is 0.164. The van der Waals surface area contributed by atoms with E-state index in [9.17, 15) is 4.79 Å². The normalized spacial score (nSPS) is 29.3. The van der Waals surface area contributed by atoms with Crippen molar-refractivity contribution in [3.8, 4) is 11.5 Å². The first-order chi connectivity index (χ1) is 13.1. The number of ether oxygens (including phenoxy) is 3. The number of carbonyl (C=O) groups is 1. The predicted molar refractivity (Wildman–Crippen MR) is 104 cm³/mol. The molecule has 0 unspecified atom stereocenters. The fourth-order valence-corrected chi connectivity index (χ4v) is 4.28. The first-order valence-corrected chi connectivity index (χ1v) is 10.4. The smallest absolute Gasteiger partial charge is 0.190 e. The van der Waals surface area contributed by atoms with Gasteiger partial charge in [0.05, 0.1) is 19.3 Å². The standard InChI is InChI=1S/C22H33NO4.ClH/c1-15-14-20(24)19(23)8-5-9-21(22(15)27-17-6-3-4-7-17)26-18-12-10-16(25-2)11-13-18;/h10-13,15,17,19,21-22H,3-9,14,23H2,1-2H3;1H/t15-,19+,21+,22+;/m1./s1. The second kappa shape index (κ2) is 11.0. The molecule has 3 N–H and O–H groups in total. The molecule has 1 aromatic rings. The highest BCUT2D eigenvalue weighted by atomic mass is 35.5. The third kappa shape index (κ3) is 6.10. The Morgan fingerprint density at radius 3 is 2.25 bits per heavy atom. The lowest BCUT2D eigenvalue weighted by Gasteiger charge is -2.33. The molecule has 2 aliphatic rings. The molecule has 1 aromatic carbocycles. The summed E-state index contributed by atoms with van der Waals surface area (Å²) in [5.74, 6) is 2.02. The average Bonchev–Trinajstić information content (AvgIpc) is 3.19. The lowest BCUT2D eigenvalue weighted by atomic mass is 9.92. The van der Waals surface area contributed by atoms with Crippen LogP contribution < -0.4 is 27.6 Å². The molecule has 0 aromatic heterocycles. The highest BCUT2D eigenvalue weighted by molar-refractivity contribution is 5.82. The fraction of sp³-hybridized carbons (Fsp3) is 0.682. The van der Waals surface area contributed by atoms with Crippen molar-refractivity contribution < 1.29 is 37.1 Å². The van der Waals surface area contributed by atoms with E-state index < -0.39 is 0 Å². The second-order valence-electron chi connectivity index (χ2n) is 8.11. The van der Waals surface area contributed by atoms with Crippen LogP contribution in [0.25, 0.3) is 0 Å². The van der Waals surface area contributed by atoms with Gasteiger partial charge in [0.2, 0.25) is 0 Å². The van der Waals surface area contributed by atoms with Gasteiger partial charge in [0, 0.05) is 12.8 Å². The van der Waals surface area contributed by atoms with Gasteiger partial charge in [-0.25, -0.2) is 0 Å². The SMILES string of the molecule is COc1ccc(O[C@H]2CCC[C@H]([NH3+])C(=O)C[C@@H](C)[C@@H]2OC2CCCC2)cc1.[Cl-]. The van der Waals surface area contributed by atoms with Gasteiger partial charge in [-0.1, -0.05) is 19.8 Å². The van der Waals surface area contributed by atoms with Crippen molar-refractivity contribution in [2.24, 2.45) is 5.92 Å². The topological polar surface area (TPSA) is 72.4 Å². The molecule has 2 saturated carbocycles. The number of quaternary nitrogens is 1. The van der Waals surface area contributed by atoms with Gasteiger partial charge >= 0.3 is 0 Å². The van der Waals surface area contributed by atoms with Gasteiger partial charge in [-0.15, -0.1) is 0 Å². The van der Waals surface area contributed by atoms with E-state index in [0.29, 0.717) is 12.5 Å². The van der Waals surface area contributed by atoms with Crippen molar-refractivity contribution in [2.45, 2.75) is 82.6 Å². The van der Waals surface area contributed by atoms with Gasteiger partial charge in [0.25, 0.3) is 0 Å². The third-order valence-electron chi connectivity index (χ3n) is 5.95. The summed E-state index contributed by atoms with van der Waals surface area (Å²) in [5, 5.41) is 0. The van der Waals surface area contributed by atoms with Crippen molar-refractivity contribution in [3.05, 3.63) is 24.3 Å². The summed E-state index contributed by atoms with van der Waals surface area (Å²) in [5.41, 5.74) is 4.07. The largest absolute Gasteiger partial charge is 1.00 e. The number of hydrogen-bond donors (Lipinski definition) is 1. The molecule has 0 bridgehead atoms. The molecule has 0 radical (unpaired) electrons. The molecule has 28 heavy (non-hydrogen) atoms. The van der Waals surface area contributed by atoms with E-state index in [1.807, 2.05) is 24.3 Å². The minimum absolute atomic E-state index is 0. The van der Waals surface area contributed by atoms with Gasteiger partial charge in [-0.3, -0.25) is 4.79 Å². The quantitative estimate of drug-likeness (QED) is 0.749. The number of carbonyl (C=O) groups excluding carboxylic acids is 1. The molecule has 5 nitrogen and oxygen atoms in total. The van der Waals surface area contributed by atoms with Crippen molar-refractivity contribution in [2.75, 3.05) is 7.11 Å². The zero-order chi connectivity index (χ0) is 19.2. The molecule has 2 aliphatic carbocycles. The highest BCUT2D eigenvalue weighted by Crippen LogP contribution is 2.31. The summed E-state index contributed by atoms with van der Waals surface area (Å²) in [7, 11) is 1.66. The molecule has 0 amide bonds. The van der Waals surface area contributed by atoms with Crippen LogP contribution in [0, 0.1) is 5.92 Å². The van der Waals surface area contributed by atoms with Crippen LogP contribution in [-0.2, 0) is 9.53 Å². The van der Waals surface area contributed by atoms with E-state index in [4.69, 9.17) is 14.2 Å². The van der Waals surface area contributed by atoms with Gasteiger partial charge in [0.15, 0.2) is 5.78 Å². The molecule has 3 rings (SSSR count). The zero-order valence-electron chi connectivity index (χ0n) is 17.1. The molecule has 6 heteroatoms. The van der Waals surface area contributed by atoms with Gasteiger partial charge in [0.1, 0.15) is 23.6 Å². The molecule has 2 fully saturated rings. The van der Waals surface area contributed by atoms with Crippen LogP contribution in [0.15, 0.2) is 24.3 Å². The van der Waals surface area contributed by atoms with Crippen molar-refractivity contribution in [1.82, 2.24) is 0 Å². The third-order valence-corrected chi connectivity index (χ3v) is 5.95. The van der Waals surface area contributed by atoms with Crippen LogP contribution in [0.3, 0.4) is 0 Å². The van der Waals surface area contributed by atoms with Gasteiger partial charge in [-0.2, -0.15) is 0 Å². The summed E-state index contributed by atoms with van der Waals surface area (Å²) >= 11 is 0. The van der Waals surface area contributed by atoms with Crippen LogP contribution in [0.1, 0.15) is 58.3 Å². The van der Waals surface area contributed by atoms with Crippen LogP contribution in [-0.4, -0.2) is 37.2 Å². The number of Topliss-reactive ketones (excluding diaryl/α,β-unsaturated/α-hetero) is 1. The van der Waals surface area contributed by atoms with E-state index in [1.165, 1.54) is 12.8 Å². The first kappa shape index (κ1) is 23.0. The Kier molecular flexibility index (Phi) is 9.06. The number of halogens is 1. The summed E-state index contributed by atoms with van der Waals surface area (Å²) in [6.07, 6.45) is 8.03. The lowest BCUT2D eigenvalue weighted by Crippen LogP contribution is -3.00. The molecular weight excluding hydrogens is 378 g/mol. The Labute approximate surface area is 174 Å². The molecule has 158 valence electrons. The second-order valence-corrected chi connectivity index (χ2v) is 8.11. The van der Waals surface area contributed by atoms with Crippen LogP contribution >= 0.6 is 0 Å². The Balaban J connectivity index is 0.00000280. The summed E-state index contributed by atoms with van der Waals surface area (Å²) in [6.45, 7) is 2.12. The molecule has 0 aliphatic heterocycles. The maximum atomic E-state index is 12.5. The zero-order valence-corrected chi connectivity index (χ0v) is 17.8. The Morgan fingerprint density at radius 2 is 1.61 bits per heavy atom. The maximum Gasteiger partial charge on any atom is 0.190 e. The van der Waals surface area contributed by atoms with Crippen molar-refractivity contribution in [1.29, 1.82) is 0 Å². The van der Waals surface area contributed by atoms with E-state index >= 15 is 0 Å². The minimum atomic E-state index is -0.112. The Hall–Kier alpha value is -1.30. The van der Waals surface area contributed by atoms with Crippen LogP contribution in [0.4, 0.5) is 0 Å². The monoisotopic (exact) mass is 411 g/mol. The number of rotatable bonds is 5. The van der Waals surface area contributed by atoms with E-state index in [-0.39, 0.29) is 42.4 Å². The molecule has 4 atom stereocenters. The molecular formula is C22H34ClNO4. The molecule has 0 heterocycles. The van der Waals surface area contributed by atoms with E-state index in [2.05, 4.69) is 12.7 Å². The maximum absolute atomic E-state index is 12.5. The fourth-order valence-electron chi connectivity index (χ4n) is 4.28.